The molecule has 3 aromatic rings. The molecular formula is C19H18Cl3N3O3S. The Kier molecular flexibility index (Phi) is 6.76. The second-order valence-electron chi connectivity index (χ2n) is 6.59. The zero-order valence-corrected chi connectivity index (χ0v) is 18.8. The van der Waals surface area contributed by atoms with E-state index in [1.807, 2.05) is 31.1 Å². The number of thiazole rings is 1. The number of rotatable bonds is 5. The van der Waals surface area contributed by atoms with Crippen molar-refractivity contribution in [1.29, 1.82) is 0 Å². The Balaban J connectivity index is 0.00000240. The molecule has 0 unspecified atom stereocenters. The number of amides is 1. The third kappa shape index (κ3) is 4.70. The SMILES string of the molecule is CN(C)CCN(C(=O)c1cc(Cl)cc(Cl)c1)c1nc2cc3c(cc2s1)OCO3.Cl. The number of hydrogen-bond donors (Lipinski definition) is 0. The van der Waals surface area contributed by atoms with Gasteiger partial charge in [-0.15, -0.1) is 12.4 Å². The van der Waals surface area contributed by atoms with Crippen molar-refractivity contribution in [3.63, 3.8) is 0 Å². The summed E-state index contributed by atoms with van der Waals surface area (Å²) in [5, 5.41) is 1.43. The fourth-order valence-electron chi connectivity index (χ4n) is 2.84. The van der Waals surface area contributed by atoms with E-state index in [0.717, 1.165) is 10.2 Å². The number of anilines is 1. The van der Waals surface area contributed by atoms with E-state index >= 15 is 0 Å². The molecule has 0 radical (unpaired) electrons. The lowest BCUT2D eigenvalue weighted by Crippen LogP contribution is -2.36. The number of carbonyl (C=O) groups excluding carboxylic acids is 1. The van der Waals surface area contributed by atoms with Gasteiger partial charge >= 0.3 is 0 Å². The molecule has 0 atom stereocenters. The highest BCUT2D eigenvalue weighted by Gasteiger charge is 2.24. The molecule has 0 saturated heterocycles. The summed E-state index contributed by atoms with van der Waals surface area (Å²) in [6.07, 6.45) is 0. The van der Waals surface area contributed by atoms with Crippen LogP contribution in [0.2, 0.25) is 10.0 Å². The van der Waals surface area contributed by atoms with E-state index in [2.05, 4.69) is 4.98 Å². The summed E-state index contributed by atoms with van der Waals surface area (Å²) >= 11 is 13.6. The van der Waals surface area contributed by atoms with Gasteiger partial charge in [0.1, 0.15) is 0 Å². The maximum atomic E-state index is 13.2. The molecule has 4 rings (SSSR count). The van der Waals surface area contributed by atoms with Crippen LogP contribution < -0.4 is 14.4 Å². The molecule has 0 N–H and O–H groups in total. The van der Waals surface area contributed by atoms with E-state index in [0.29, 0.717) is 45.3 Å². The maximum absolute atomic E-state index is 13.2. The summed E-state index contributed by atoms with van der Waals surface area (Å²) < 4.78 is 11.8. The van der Waals surface area contributed by atoms with Gasteiger partial charge in [-0.05, 0) is 32.3 Å². The highest BCUT2D eigenvalue weighted by molar-refractivity contribution is 7.22. The van der Waals surface area contributed by atoms with Crippen LogP contribution in [0.1, 0.15) is 10.4 Å². The zero-order chi connectivity index (χ0) is 19.8. The van der Waals surface area contributed by atoms with E-state index in [9.17, 15) is 4.79 Å². The van der Waals surface area contributed by atoms with E-state index < -0.39 is 0 Å². The number of ether oxygens (including phenoxy) is 2. The predicted molar refractivity (Wildman–Crippen MR) is 120 cm³/mol. The van der Waals surface area contributed by atoms with E-state index in [4.69, 9.17) is 32.7 Å². The average molecular weight is 475 g/mol. The molecule has 10 heteroatoms. The van der Waals surface area contributed by atoms with Crippen LogP contribution >= 0.6 is 46.9 Å². The summed E-state index contributed by atoms with van der Waals surface area (Å²) in [4.78, 5) is 21.6. The van der Waals surface area contributed by atoms with Gasteiger partial charge in [-0.2, -0.15) is 0 Å². The van der Waals surface area contributed by atoms with Crippen molar-refractivity contribution < 1.29 is 14.3 Å². The van der Waals surface area contributed by atoms with Crippen molar-refractivity contribution in [2.24, 2.45) is 0 Å². The number of carbonyl (C=O) groups is 1. The molecule has 0 spiro atoms. The Morgan fingerprint density at radius 1 is 1.07 bits per heavy atom. The number of halogens is 3. The van der Waals surface area contributed by atoms with Crippen molar-refractivity contribution in [3.05, 3.63) is 45.9 Å². The Morgan fingerprint density at radius 3 is 2.38 bits per heavy atom. The Hall–Kier alpha value is -1.77. The highest BCUT2D eigenvalue weighted by Crippen LogP contribution is 2.40. The fraction of sp³-hybridized carbons (Fsp3) is 0.263. The van der Waals surface area contributed by atoms with Gasteiger partial charge in [0.15, 0.2) is 16.6 Å². The second-order valence-corrected chi connectivity index (χ2v) is 8.47. The van der Waals surface area contributed by atoms with E-state index in [-0.39, 0.29) is 25.1 Å². The molecule has 154 valence electrons. The van der Waals surface area contributed by atoms with Gasteiger partial charge in [0.2, 0.25) is 6.79 Å². The number of likely N-dealkylation sites (N-methyl/N-ethyl adjacent to an activating group) is 1. The van der Waals surface area contributed by atoms with Crippen LogP contribution in [0.25, 0.3) is 10.2 Å². The normalized spacial score (nSPS) is 12.3. The minimum Gasteiger partial charge on any atom is -0.454 e. The summed E-state index contributed by atoms with van der Waals surface area (Å²) in [5.41, 5.74) is 1.18. The molecular weight excluding hydrogens is 457 g/mol. The molecule has 1 amide bonds. The lowest BCUT2D eigenvalue weighted by atomic mass is 10.2. The Morgan fingerprint density at radius 2 is 1.72 bits per heavy atom. The number of benzene rings is 2. The van der Waals surface area contributed by atoms with Crippen LogP contribution in [0, 0.1) is 0 Å². The smallest absolute Gasteiger partial charge is 0.260 e. The summed E-state index contributed by atoms with van der Waals surface area (Å²) in [6, 6.07) is 8.55. The first-order valence-corrected chi connectivity index (χ1v) is 10.1. The van der Waals surface area contributed by atoms with Crippen molar-refractivity contribution in [3.8, 4) is 11.5 Å². The van der Waals surface area contributed by atoms with Gasteiger partial charge in [-0.25, -0.2) is 4.98 Å². The van der Waals surface area contributed by atoms with Gasteiger partial charge in [0.05, 0.1) is 10.2 Å². The van der Waals surface area contributed by atoms with Crippen LogP contribution in [0.4, 0.5) is 5.13 Å². The molecule has 1 aromatic heterocycles. The fourth-order valence-corrected chi connectivity index (χ4v) is 4.36. The first-order valence-electron chi connectivity index (χ1n) is 8.53. The molecule has 0 bridgehead atoms. The minimum atomic E-state index is -0.203. The molecule has 0 fully saturated rings. The predicted octanol–water partition coefficient (Wildman–Crippen LogP) is 4.96. The quantitative estimate of drug-likeness (QED) is 0.523. The first-order chi connectivity index (χ1) is 13.4. The number of aromatic nitrogens is 1. The number of nitrogens with zero attached hydrogens (tertiary/aromatic N) is 3. The van der Waals surface area contributed by atoms with Crippen molar-refractivity contribution in [2.75, 3.05) is 38.9 Å². The van der Waals surface area contributed by atoms with Crippen molar-refractivity contribution >= 4 is 68.2 Å². The van der Waals surface area contributed by atoms with Gasteiger partial charge in [0, 0.05) is 40.8 Å². The molecule has 1 aliphatic rings. The van der Waals surface area contributed by atoms with Crippen LogP contribution in [0.5, 0.6) is 11.5 Å². The average Bonchev–Trinajstić information content (AvgIpc) is 3.24. The summed E-state index contributed by atoms with van der Waals surface area (Å²) in [5.74, 6) is 1.15. The van der Waals surface area contributed by atoms with Crippen molar-refractivity contribution in [2.45, 2.75) is 0 Å². The third-order valence-electron chi connectivity index (χ3n) is 4.23. The minimum absolute atomic E-state index is 0. The molecule has 2 heterocycles. The third-order valence-corrected chi connectivity index (χ3v) is 5.71. The summed E-state index contributed by atoms with van der Waals surface area (Å²) in [6.45, 7) is 1.36. The lowest BCUT2D eigenvalue weighted by Gasteiger charge is -2.22. The molecule has 1 aliphatic heterocycles. The largest absolute Gasteiger partial charge is 0.454 e. The summed E-state index contributed by atoms with van der Waals surface area (Å²) in [7, 11) is 3.91. The Bertz CT molecular complexity index is 997. The number of hydrogen-bond acceptors (Lipinski definition) is 6. The number of fused-ring (bicyclic) bond motifs is 2. The van der Waals surface area contributed by atoms with Gasteiger partial charge < -0.3 is 14.4 Å². The van der Waals surface area contributed by atoms with Crippen LogP contribution in [-0.4, -0.2) is 49.8 Å². The van der Waals surface area contributed by atoms with Crippen LogP contribution in [0.15, 0.2) is 30.3 Å². The van der Waals surface area contributed by atoms with Crippen molar-refractivity contribution in [1.82, 2.24) is 9.88 Å². The maximum Gasteiger partial charge on any atom is 0.260 e. The molecule has 0 saturated carbocycles. The highest BCUT2D eigenvalue weighted by atomic mass is 35.5. The second kappa shape index (κ2) is 8.93. The molecule has 0 aliphatic carbocycles. The molecule has 6 nitrogen and oxygen atoms in total. The van der Waals surface area contributed by atoms with E-state index in [1.54, 1.807) is 23.1 Å². The van der Waals surface area contributed by atoms with Crippen LogP contribution in [-0.2, 0) is 0 Å². The molecule has 29 heavy (non-hydrogen) atoms. The zero-order valence-electron chi connectivity index (χ0n) is 15.6. The van der Waals surface area contributed by atoms with Gasteiger partial charge in [-0.1, -0.05) is 34.5 Å². The molecule has 2 aromatic carbocycles. The van der Waals surface area contributed by atoms with Gasteiger partial charge in [0.25, 0.3) is 5.91 Å². The first kappa shape index (κ1) is 21.9. The Labute approximate surface area is 188 Å². The lowest BCUT2D eigenvalue weighted by molar-refractivity contribution is 0.0985. The monoisotopic (exact) mass is 473 g/mol. The van der Waals surface area contributed by atoms with Crippen LogP contribution in [0.3, 0.4) is 0 Å². The standard InChI is InChI=1S/C19H17Cl2N3O3S.ClH/c1-23(2)3-4-24(18(25)11-5-12(20)7-13(21)6-11)19-22-14-8-15-16(27-10-26-15)9-17(14)28-19;/h5-9H,3-4,10H2,1-2H3;1H. The van der Waals surface area contributed by atoms with Gasteiger partial charge in [-0.3, -0.25) is 9.69 Å². The van der Waals surface area contributed by atoms with E-state index in [1.165, 1.54) is 11.3 Å². The topological polar surface area (TPSA) is 54.9 Å².